The number of benzene rings is 1. The van der Waals surface area contributed by atoms with E-state index in [1.807, 2.05) is 0 Å². The van der Waals surface area contributed by atoms with Crippen molar-refractivity contribution in [3.8, 4) is 0 Å². The van der Waals surface area contributed by atoms with E-state index in [4.69, 9.17) is 16.7 Å². The summed E-state index contributed by atoms with van der Waals surface area (Å²) in [7, 11) is 0. The average molecular weight is 232 g/mol. The van der Waals surface area contributed by atoms with Gasteiger partial charge in [0.05, 0.1) is 12.2 Å². The maximum absolute atomic E-state index is 13.2. The lowest BCUT2D eigenvalue weighted by molar-refractivity contribution is 0.0918. The third-order valence-corrected chi connectivity index (χ3v) is 2.06. The molecule has 1 rings (SSSR count). The molecule has 0 aliphatic rings. The minimum atomic E-state index is -0.676. The van der Waals surface area contributed by atoms with Crippen molar-refractivity contribution in [3.05, 3.63) is 34.6 Å². The Morgan fingerprint density at radius 2 is 2.33 bits per heavy atom. The summed E-state index contributed by atoms with van der Waals surface area (Å²) in [6, 6.07) is 3.40. The average Bonchev–Trinajstić information content (AvgIpc) is 2.17. The Morgan fingerprint density at radius 1 is 1.67 bits per heavy atom. The standard InChI is InChI=1S/C10H11ClFNO2/c1-6(5-14)13-10(15)8-3-2-7(11)4-9(8)12/h2-4,6,14H,5H2,1H3,(H,13,15)/t6-/m0/s1. The number of aliphatic hydroxyl groups is 1. The molecule has 0 bridgehead atoms. The Hall–Kier alpha value is -1.13. The molecule has 2 N–H and O–H groups in total. The van der Waals surface area contributed by atoms with Crippen molar-refractivity contribution >= 4 is 17.5 Å². The van der Waals surface area contributed by atoms with Gasteiger partial charge in [0.15, 0.2) is 0 Å². The molecule has 1 amide bonds. The van der Waals surface area contributed by atoms with E-state index in [-0.39, 0.29) is 17.2 Å². The summed E-state index contributed by atoms with van der Waals surface area (Å²) in [5.41, 5.74) is -0.0836. The smallest absolute Gasteiger partial charge is 0.254 e. The van der Waals surface area contributed by atoms with E-state index in [0.29, 0.717) is 0 Å². The second kappa shape index (κ2) is 5.09. The van der Waals surface area contributed by atoms with Gasteiger partial charge in [-0.15, -0.1) is 0 Å². The van der Waals surface area contributed by atoms with Gasteiger partial charge in [-0.3, -0.25) is 4.79 Å². The van der Waals surface area contributed by atoms with Crippen LogP contribution in [0.4, 0.5) is 4.39 Å². The molecular weight excluding hydrogens is 221 g/mol. The first-order valence-corrected chi connectivity index (χ1v) is 4.79. The molecule has 0 aromatic heterocycles. The highest BCUT2D eigenvalue weighted by molar-refractivity contribution is 6.30. The first kappa shape index (κ1) is 11.9. The van der Waals surface area contributed by atoms with Gasteiger partial charge >= 0.3 is 0 Å². The highest BCUT2D eigenvalue weighted by Crippen LogP contribution is 2.14. The molecule has 0 fully saturated rings. The molecule has 3 nitrogen and oxygen atoms in total. The topological polar surface area (TPSA) is 49.3 Å². The van der Waals surface area contributed by atoms with Gasteiger partial charge < -0.3 is 10.4 Å². The maximum Gasteiger partial charge on any atom is 0.254 e. The molecule has 15 heavy (non-hydrogen) atoms. The van der Waals surface area contributed by atoms with Crippen LogP contribution >= 0.6 is 11.6 Å². The summed E-state index contributed by atoms with van der Waals surface area (Å²) in [5, 5.41) is 11.4. The van der Waals surface area contributed by atoms with Gasteiger partial charge in [0.1, 0.15) is 5.82 Å². The summed E-state index contributed by atoms with van der Waals surface area (Å²) in [5.74, 6) is -1.24. The third kappa shape index (κ3) is 3.18. The lowest BCUT2D eigenvalue weighted by Crippen LogP contribution is -2.35. The zero-order valence-electron chi connectivity index (χ0n) is 8.13. The normalized spacial score (nSPS) is 12.3. The van der Waals surface area contributed by atoms with Crippen molar-refractivity contribution in [1.29, 1.82) is 0 Å². The van der Waals surface area contributed by atoms with E-state index < -0.39 is 17.8 Å². The largest absolute Gasteiger partial charge is 0.394 e. The molecule has 0 saturated heterocycles. The Kier molecular flexibility index (Phi) is 4.05. The van der Waals surface area contributed by atoms with Crippen LogP contribution in [0.25, 0.3) is 0 Å². The summed E-state index contributed by atoms with van der Waals surface area (Å²) < 4.78 is 13.2. The van der Waals surface area contributed by atoms with Crippen LogP contribution in [-0.4, -0.2) is 23.7 Å². The van der Waals surface area contributed by atoms with E-state index in [1.54, 1.807) is 6.92 Å². The molecular formula is C10H11ClFNO2. The lowest BCUT2D eigenvalue weighted by Gasteiger charge is -2.11. The van der Waals surface area contributed by atoms with Gasteiger partial charge in [-0.1, -0.05) is 11.6 Å². The van der Waals surface area contributed by atoms with E-state index in [1.165, 1.54) is 12.1 Å². The Balaban J connectivity index is 2.82. The molecule has 0 unspecified atom stereocenters. The number of carbonyl (C=O) groups excluding carboxylic acids is 1. The monoisotopic (exact) mass is 231 g/mol. The zero-order chi connectivity index (χ0) is 11.4. The molecule has 0 saturated carbocycles. The second-order valence-corrected chi connectivity index (χ2v) is 3.62. The van der Waals surface area contributed by atoms with Gasteiger partial charge in [0, 0.05) is 11.1 Å². The van der Waals surface area contributed by atoms with Crippen LogP contribution in [0.3, 0.4) is 0 Å². The predicted octanol–water partition coefficient (Wildman–Crippen LogP) is 1.59. The number of amides is 1. The van der Waals surface area contributed by atoms with Gasteiger partial charge in [-0.2, -0.15) is 0 Å². The van der Waals surface area contributed by atoms with Gasteiger partial charge in [0.2, 0.25) is 0 Å². The summed E-state index contributed by atoms with van der Waals surface area (Å²) in [4.78, 5) is 11.4. The third-order valence-electron chi connectivity index (χ3n) is 1.83. The highest BCUT2D eigenvalue weighted by Gasteiger charge is 2.13. The lowest BCUT2D eigenvalue weighted by atomic mass is 10.2. The number of hydrogen-bond acceptors (Lipinski definition) is 2. The van der Waals surface area contributed by atoms with Crippen LogP contribution in [0.15, 0.2) is 18.2 Å². The first-order chi connectivity index (χ1) is 7.04. The molecule has 1 aromatic rings. The number of nitrogens with one attached hydrogen (secondary N) is 1. The van der Waals surface area contributed by atoms with E-state index >= 15 is 0 Å². The van der Waals surface area contributed by atoms with Crippen LogP contribution in [0.5, 0.6) is 0 Å². The van der Waals surface area contributed by atoms with Gasteiger partial charge in [-0.05, 0) is 25.1 Å². The van der Waals surface area contributed by atoms with Crippen molar-refractivity contribution in [2.24, 2.45) is 0 Å². The molecule has 1 atom stereocenters. The minimum Gasteiger partial charge on any atom is -0.394 e. The molecule has 0 aliphatic heterocycles. The Bertz CT molecular complexity index is 370. The minimum absolute atomic E-state index is 0.0836. The molecule has 82 valence electrons. The fraction of sp³-hybridized carbons (Fsp3) is 0.300. The van der Waals surface area contributed by atoms with Gasteiger partial charge in [-0.25, -0.2) is 4.39 Å². The number of hydrogen-bond donors (Lipinski definition) is 2. The summed E-state index contributed by atoms with van der Waals surface area (Å²) >= 11 is 5.54. The number of carbonyl (C=O) groups is 1. The van der Waals surface area contributed by atoms with E-state index in [9.17, 15) is 9.18 Å². The van der Waals surface area contributed by atoms with Crippen molar-refractivity contribution in [2.75, 3.05) is 6.61 Å². The van der Waals surface area contributed by atoms with Crippen molar-refractivity contribution in [3.63, 3.8) is 0 Å². The predicted molar refractivity (Wildman–Crippen MR) is 55.4 cm³/mol. The van der Waals surface area contributed by atoms with Crippen molar-refractivity contribution in [2.45, 2.75) is 13.0 Å². The first-order valence-electron chi connectivity index (χ1n) is 4.41. The summed E-state index contributed by atoms with van der Waals surface area (Å²) in [6.45, 7) is 1.42. The molecule has 0 heterocycles. The number of aliphatic hydroxyl groups excluding tert-OH is 1. The quantitative estimate of drug-likeness (QED) is 0.830. The molecule has 5 heteroatoms. The molecule has 0 aliphatic carbocycles. The van der Waals surface area contributed by atoms with E-state index in [0.717, 1.165) is 6.07 Å². The van der Waals surface area contributed by atoms with E-state index in [2.05, 4.69) is 5.32 Å². The van der Waals surface area contributed by atoms with Crippen LogP contribution in [0.1, 0.15) is 17.3 Å². The maximum atomic E-state index is 13.2. The Morgan fingerprint density at radius 3 is 2.87 bits per heavy atom. The molecule has 0 spiro atoms. The van der Waals surface area contributed by atoms with Crippen molar-refractivity contribution < 1.29 is 14.3 Å². The van der Waals surface area contributed by atoms with Crippen LogP contribution < -0.4 is 5.32 Å². The fourth-order valence-corrected chi connectivity index (χ4v) is 1.18. The van der Waals surface area contributed by atoms with Crippen molar-refractivity contribution in [1.82, 2.24) is 5.32 Å². The SMILES string of the molecule is C[C@@H](CO)NC(=O)c1ccc(Cl)cc1F. The molecule has 0 radical (unpaired) electrons. The van der Waals surface area contributed by atoms with Crippen LogP contribution in [-0.2, 0) is 0 Å². The fourth-order valence-electron chi connectivity index (χ4n) is 1.02. The number of rotatable bonds is 3. The van der Waals surface area contributed by atoms with Crippen LogP contribution in [0.2, 0.25) is 5.02 Å². The van der Waals surface area contributed by atoms with Crippen LogP contribution in [0, 0.1) is 5.82 Å². The second-order valence-electron chi connectivity index (χ2n) is 3.18. The molecule has 1 aromatic carbocycles. The zero-order valence-corrected chi connectivity index (χ0v) is 8.88. The Labute approximate surface area is 91.9 Å². The summed E-state index contributed by atoms with van der Waals surface area (Å²) in [6.07, 6.45) is 0. The highest BCUT2D eigenvalue weighted by atomic mass is 35.5. The van der Waals surface area contributed by atoms with Gasteiger partial charge in [0.25, 0.3) is 5.91 Å². The number of halogens is 2.